The Morgan fingerprint density at radius 1 is 1.50 bits per heavy atom. The summed E-state index contributed by atoms with van der Waals surface area (Å²) in [5.41, 5.74) is -0.448. The van der Waals surface area contributed by atoms with Crippen LogP contribution in [0.25, 0.3) is 0 Å². The first kappa shape index (κ1) is 8.99. The van der Waals surface area contributed by atoms with Crippen molar-refractivity contribution in [2.45, 2.75) is 0 Å². The molecule has 0 spiro atoms. The van der Waals surface area contributed by atoms with Crippen LogP contribution in [0.5, 0.6) is 5.75 Å². The lowest BCUT2D eigenvalue weighted by molar-refractivity contribution is 0.0693. The fraction of sp³-hybridized carbons (Fsp3) is 0. The first-order valence-corrected chi connectivity index (χ1v) is 3.73. The van der Waals surface area contributed by atoms with Crippen molar-refractivity contribution in [2.24, 2.45) is 0 Å². The van der Waals surface area contributed by atoms with E-state index >= 15 is 0 Å². The molecule has 0 aliphatic carbocycles. The number of aromatic carboxylic acids is 1. The van der Waals surface area contributed by atoms with Gasteiger partial charge in [0.2, 0.25) is 0 Å². The molecule has 0 amide bonds. The summed E-state index contributed by atoms with van der Waals surface area (Å²) in [6.45, 7) is 0. The minimum atomic E-state index is -1.36. The maximum Gasteiger partial charge on any atom is 0.339 e. The van der Waals surface area contributed by atoms with Crippen molar-refractivity contribution in [1.82, 2.24) is 0 Å². The molecule has 0 atom stereocenters. The van der Waals surface area contributed by atoms with Crippen LogP contribution in [0.3, 0.4) is 0 Å². The van der Waals surface area contributed by atoms with Gasteiger partial charge in [-0.05, 0) is 28.1 Å². The molecule has 2 N–H and O–H groups in total. The van der Waals surface area contributed by atoms with E-state index in [1.807, 2.05) is 0 Å². The Hall–Kier alpha value is -1.10. The second-order valence-corrected chi connectivity index (χ2v) is 2.94. The van der Waals surface area contributed by atoms with E-state index < -0.39 is 23.1 Å². The predicted octanol–water partition coefficient (Wildman–Crippen LogP) is 1.99. The van der Waals surface area contributed by atoms with Crippen molar-refractivity contribution in [3.8, 4) is 5.75 Å². The minimum Gasteiger partial charge on any atom is -0.507 e. The molecule has 0 saturated heterocycles. The molecule has 0 aromatic heterocycles. The summed E-state index contributed by atoms with van der Waals surface area (Å²) in [6.07, 6.45) is 0. The van der Waals surface area contributed by atoms with E-state index in [4.69, 9.17) is 10.2 Å². The smallest absolute Gasteiger partial charge is 0.339 e. The first-order chi connectivity index (χ1) is 5.52. The lowest BCUT2D eigenvalue weighted by Crippen LogP contribution is -1.97. The lowest BCUT2D eigenvalue weighted by Gasteiger charge is -2.00. The van der Waals surface area contributed by atoms with Gasteiger partial charge in [0.25, 0.3) is 0 Å². The van der Waals surface area contributed by atoms with Crippen LogP contribution < -0.4 is 0 Å². The van der Waals surface area contributed by atoms with Crippen molar-refractivity contribution in [1.29, 1.82) is 0 Å². The van der Waals surface area contributed by atoms with E-state index in [1.165, 1.54) is 0 Å². The molecule has 0 unspecified atom stereocenters. The molecular weight excluding hydrogens is 231 g/mol. The molecule has 0 fully saturated rings. The average molecular weight is 235 g/mol. The molecule has 1 aromatic carbocycles. The van der Waals surface area contributed by atoms with Gasteiger partial charge in [-0.2, -0.15) is 0 Å². The van der Waals surface area contributed by atoms with Crippen molar-refractivity contribution >= 4 is 21.9 Å². The van der Waals surface area contributed by atoms with E-state index in [-0.39, 0.29) is 4.47 Å². The SMILES string of the molecule is O=C(O)c1cc(F)c(Br)cc1O. The molecule has 0 aliphatic heterocycles. The third-order valence-electron chi connectivity index (χ3n) is 1.27. The Balaban J connectivity index is 3.33. The van der Waals surface area contributed by atoms with E-state index in [0.717, 1.165) is 12.1 Å². The third kappa shape index (κ3) is 1.55. The Morgan fingerprint density at radius 2 is 2.08 bits per heavy atom. The molecule has 0 heterocycles. The number of halogens is 2. The second kappa shape index (κ2) is 3.10. The normalized spacial score (nSPS) is 9.83. The number of aromatic hydroxyl groups is 1. The highest BCUT2D eigenvalue weighted by Gasteiger charge is 2.12. The maximum atomic E-state index is 12.7. The maximum absolute atomic E-state index is 12.7. The zero-order valence-corrected chi connectivity index (χ0v) is 7.30. The molecule has 64 valence electrons. The molecule has 1 rings (SSSR count). The summed E-state index contributed by atoms with van der Waals surface area (Å²) >= 11 is 2.80. The predicted molar refractivity (Wildman–Crippen MR) is 42.7 cm³/mol. The van der Waals surface area contributed by atoms with Crippen molar-refractivity contribution in [3.63, 3.8) is 0 Å². The summed E-state index contributed by atoms with van der Waals surface area (Å²) in [4.78, 5) is 10.3. The van der Waals surface area contributed by atoms with Gasteiger partial charge in [-0.3, -0.25) is 0 Å². The van der Waals surface area contributed by atoms with Crippen LogP contribution in [0.4, 0.5) is 4.39 Å². The lowest BCUT2D eigenvalue weighted by atomic mass is 10.2. The van der Waals surface area contributed by atoms with Gasteiger partial charge in [-0.1, -0.05) is 0 Å². The number of benzene rings is 1. The number of phenols is 1. The Morgan fingerprint density at radius 3 is 2.58 bits per heavy atom. The van der Waals surface area contributed by atoms with Gasteiger partial charge in [-0.25, -0.2) is 9.18 Å². The Kier molecular flexibility index (Phi) is 2.32. The van der Waals surface area contributed by atoms with Gasteiger partial charge in [0.15, 0.2) is 0 Å². The first-order valence-electron chi connectivity index (χ1n) is 2.93. The zero-order chi connectivity index (χ0) is 9.30. The van der Waals surface area contributed by atoms with Gasteiger partial charge >= 0.3 is 5.97 Å². The van der Waals surface area contributed by atoms with Gasteiger partial charge in [0.1, 0.15) is 17.1 Å². The largest absolute Gasteiger partial charge is 0.507 e. The number of carboxylic acids is 1. The molecule has 0 aliphatic rings. The van der Waals surface area contributed by atoms with Crippen LogP contribution in [0.1, 0.15) is 10.4 Å². The fourth-order valence-electron chi connectivity index (χ4n) is 0.708. The molecule has 0 saturated carbocycles. The molecule has 5 heteroatoms. The number of hydrogen-bond donors (Lipinski definition) is 2. The highest BCUT2D eigenvalue weighted by molar-refractivity contribution is 9.10. The molecular formula is C7H4BrFO3. The summed E-state index contributed by atoms with van der Waals surface area (Å²) < 4.78 is 12.7. The van der Waals surface area contributed by atoms with Crippen LogP contribution in [-0.4, -0.2) is 16.2 Å². The monoisotopic (exact) mass is 234 g/mol. The van der Waals surface area contributed by atoms with E-state index in [9.17, 15) is 9.18 Å². The molecule has 12 heavy (non-hydrogen) atoms. The van der Waals surface area contributed by atoms with Crippen LogP contribution in [0.15, 0.2) is 16.6 Å². The number of hydrogen-bond acceptors (Lipinski definition) is 2. The van der Waals surface area contributed by atoms with Crippen LogP contribution in [-0.2, 0) is 0 Å². The van der Waals surface area contributed by atoms with Gasteiger partial charge in [0.05, 0.1) is 4.47 Å². The average Bonchev–Trinajstić information content (AvgIpc) is 1.96. The van der Waals surface area contributed by atoms with Crippen molar-refractivity contribution < 1.29 is 19.4 Å². The van der Waals surface area contributed by atoms with Gasteiger partial charge in [0, 0.05) is 0 Å². The number of rotatable bonds is 1. The van der Waals surface area contributed by atoms with Gasteiger partial charge in [-0.15, -0.1) is 0 Å². The fourth-order valence-corrected chi connectivity index (χ4v) is 1.04. The van der Waals surface area contributed by atoms with Crippen LogP contribution >= 0.6 is 15.9 Å². The van der Waals surface area contributed by atoms with Crippen LogP contribution in [0, 0.1) is 5.82 Å². The highest BCUT2D eigenvalue weighted by atomic mass is 79.9. The molecule has 0 bridgehead atoms. The van der Waals surface area contributed by atoms with Gasteiger partial charge < -0.3 is 10.2 Å². The number of carbonyl (C=O) groups is 1. The summed E-state index contributed by atoms with van der Waals surface area (Å²) in [5.74, 6) is -2.54. The zero-order valence-electron chi connectivity index (χ0n) is 5.71. The Bertz CT molecular complexity index is 338. The number of carboxylic acid groups (broad SMARTS) is 1. The molecule has 3 nitrogen and oxygen atoms in total. The highest BCUT2D eigenvalue weighted by Crippen LogP contribution is 2.25. The molecule has 1 aromatic rings. The molecule has 0 radical (unpaired) electrons. The standard InChI is InChI=1S/C7H4BrFO3/c8-4-2-6(10)3(7(11)12)1-5(4)9/h1-2,10H,(H,11,12). The minimum absolute atomic E-state index is 0.0324. The Labute approximate surface area is 75.6 Å². The quantitative estimate of drug-likeness (QED) is 0.782. The van der Waals surface area contributed by atoms with E-state index in [0.29, 0.717) is 0 Å². The summed E-state index contributed by atoms with van der Waals surface area (Å²) in [5, 5.41) is 17.4. The second-order valence-electron chi connectivity index (χ2n) is 2.09. The van der Waals surface area contributed by atoms with E-state index in [1.54, 1.807) is 0 Å². The summed E-state index contributed by atoms with van der Waals surface area (Å²) in [6, 6.07) is 1.75. The van der Waals surface area contributed by atoms with E-state index in [2.05, 4.69) is 15.9 Å². The summed E-state index contributed by atoms with van der Waals surface area (Å²) in [7, 11) is 0. The van der Waals surface area contributed by atoms with Crippen molar-refractivity contribution in [2.75, 3.05) is 0 Å². The topological polar surface area (TPSA) is 57.5 Å². The third-order valence-corrected chi connectivity index (χ3v) is 1.88. The van der Waals surface area contributed by atoms with Crippen LogP contribution in [0.2, 0.25) is 0 Å². The van der Waals surface area contributed by atoms with Crippen molar-refractivity contribution in [3.05, 3.63) is 28.0 Å².